The Balaban J connectivity index is 2.84. The average molecular weight is 316 g/mol. The van der Waals surface area contributed by atoms with Crippen molar-refractivity contribution in [3.05, 3.63) is 16.5 Å². The largest absolute Gasteiger partial charge is 0.467 e. The molecule has 0 amide bonds. The van der Waals surface area contributed by atoms with E-state index in [9.17, 15) is 4.79 Å². The van der Waals surface area contributed by atoms with E-state index in [0.29, 0.717) is 28.6 Å². The van der Waals surface area contributed by atoms with Gasteiger partial charge in [-0.2, -0.15) is 0 Å². The molecular formula is C12H18BrN3O2. The molecule has 0 saturated heterocycles. The zero-order chi connectivity index (χ0) is 13.7. The Labute approximate surface area is 115 Å². The molecule has 0 radical (unpaired) electrons. The quantitative estimate of drug-likeness (QED) is 0.668. The van der Waals surface area contributed by atoms with Crippen LogP contribution in [0.5, 0.6) is 0 Å². The van der Waals surface area contributed by atoms with Gasteiger partial charge in [0.2, 0.25) is 0 Å². The number of hydrogen-bond donors (Lipinski definition) is 1. The molecule has 0 aliphatic heterocycles. The first kappa shape index (κ1) is 14.9. The van der Waals surface area contributed by atoms with E-state index in [4.69, 9.17) is 4.74 Å². The zero-order valence-electron chi connectivity index (χ0n) is 11.0. The molecule has 1 aromatic heterocycles. The Morgan fingerprint density at radius 3 is 2.67 bits per heavy atom. The van der Waals surface area contributed by atoms with Crippen LogP contribution in [0.2, 0.25) is 0 Å². The normalized spacial score (nSPS) is 12.3. The number of methoxy groups -OCH3 is 1. The summed E-state index contributed by atoms with van der Waals surface area (Å²) in [6.45, 7) is 5.91. The molecule has 0 saturated carbocycles. The molecular weight excluding hydrogens is 298 g/mol. The van der Waals surface area contributed by atoms with Gasteiger partial charge in [0.25, 0.3) is 0 Å². The average Bonchev–Trinajstić information content (AvgIpc) is 2.25. The third-order valence-corrected chi connectivity index (χ3v) is 2.73. The van der Waals surface area contributed by atoms with E-state index < -0.39 is 6.04 Å². The molecule has 1 heterocycles. The third-order valence-electron chi connectivity index (χ3n) is 2.32. The Hall–Kier alpha value is -1.17. The fraction of sp³-hybridized carbons (Fsp3) is 0.583. The molecule has 1 N–H and O–H groups in total. The van der Waals surface area contributed by atoms with Crippen molar-refractivity contribution in [3.8, 4) is 0 Å². The number of halogens is 1. The summed E-state index contributed by atoms with van der Waals surface area (Å²) in [6, 6.07) is 1.35. The predicted octanol–water partition coefficient (Wildman–Crippen LogP) is 2.55. The van der Waals surface area contributed by atoms with Gasteiger partial charge in [0.05, 0.1) is 7.11 Å². The molecule has 6 heteroatoms. The highest BCUT2D eigenvalue weighted by molar-refractivity contribution is 9.10. The van der Waals surface area contributed by atoms with Gasteiger partial charge in [-0.25, -0.2) is 14.8 Å². The number of nitrogens with zero attached hydrogens (tertiary/aromatic N) is 2. The van der Waals surface area contributed by atoms with Gasteiger partial charge in [-0.05, 0) is 35.2 Å². The van der Waals surface area contributed by atoms with Crippen molar-refractivity contribution in [2.45, 2.75) is 33.2 Å². The lowest BCUT2D eigenvalue weighted by Crippen LogP contribution is -2.32. The van der Waals surface area contributed by atoms with E-state index >= 15 is 0 Å². The van der Waals surface area contributed by atoms with Gasteiger partial charge >= 0.3 is 5.97 Å². The summed E-state index contributed by atoms with van der Waals surface area (Å²) in [5.41, 5.74) is 0. The van der Waals surface area contributed by atoms with Crippen LogP contribution in [0.15, 0.2) is 10.7 Å². The molecule has 1 aromatic rings. The van der Waals surface area contributed by atoms with Crippen molar-refractivity contribution in [2.24, 2.45) is 5.92 Å². The van der Waals surface area contributed by atoms with Gasteiger partial charge in [-0.3, -0.25) is 0 Å². The fourth-order valence-corrected chi connectivity index (χ4v) is 2.08. The standard InChI is InChI=1S/C12H18BrN3O2/c1-7(2)5-9(12(17)18-4)16-11-6-10(13)14-8(3)15-11/h6-7,9H,5H2,1-4H3,(H,14,15,16). The highest BCUT2D eigenvalue weighted by Crippen LogP contribution is 2.16. The van der Waals surface area contributed by atoms with E-state index in [1.165, 1.54) is 7.11 Å². The number of carbonyl (C=O) groups is 1. The van der Waals surface area contributed by atoms with Crippen LogP contribution in [0.4, 0.5) is 5.82 Å². The van der Waals surface area contributed by atoms with Crippen molar-refractivity contribution < 1.29 is 9.53 Å². The first-order chi connectivity index (χ1) is 8.42. The summed E-state index contributed by atoms with van der Waals surface area (Å²) in [4.78, 5) is 20.0. The molecule has 1 atom stereocenters. The van der Waals surface area contributed by atoms with E-state index in [1.807, 2.05) is 0 Å². The number of rotatable bonds is 5. The Morgan fingerprint density at radius 2 is 2.17 bits per heavy atom. The SMILES string of the molecule is COC(=O)C(CC(C)C)Nc1cc(Br)nc(C)n1. The van der Waals surface area contributed by atoms with Crippen molar-refractivity contribution in [1.29, 1.82) is 0 Å². The molecule has 0 aliphatic rings. The summed E-state index contributed by atoms with van der Waals surface area (Å²) < 4.78 is 5.48. The van der Waals surface area contributed by atoms with Crippen LogP contribution in [0, 0.1) is 12.8 Å². The predicted molar refractivity (Wildman–Crippen MR) is 73.4 cm³/mol. The first-order valence-corrected chi connectivity index (χ1v) is 6.57. The molecule has 0 aromatic carbocycles. The van der Waals surface area contributed by atoms with Gasteiger partial charge < -0.3 is 10.1 Å². The fourth-order valence-electron chi connectivity index (χ4n) is 1.61. The number of nitrogens with one attached hydrogen (secondary N) is 1. The molecule has 1 rings (SSSR count). The molecule has 1 unspecified atom stereocenters. The van der Waals surface area contributed by atoms with Gasteiger partial charge in [0, 0.05) is 6.07 Å². The second-order valence-corrected chi connectivity index (χ2v) is 5.29. The number of ether oxygens (including phenoxy) is 1. The molecule has 0 fully saturated rings. The summed E-state index contributed by atoms with van der Waals surface area (Å²) in [5, 5.41) is 3.09. The van der Waals surface area contributed by atoms with Gasteiger partial charge in [0.1, 0.15) is 22.3 Å². The lowest BCUT2D eigenvalue weighted by Gasteiger charge is -2.19. The molecule has 0 bridgehead atoms. The van der Waals surface area contributed by atoms with Crippen molar-refractivity contribution in [2.75, 3.05) is 12.4 Å². The topological polar surface area (TPSA) is 64.1 Å². The van der Waals surface area contributed by atoms with Crippen LogP contribution in [-0.2, 0) is 9.53 Å². The van der Waals surface area contributed by atoms with Crippen molar-refractivity contribution in [3.63, 3.8) is 0 Å². The molecule has 0 spiro atoms. The Morgan fingerprint density at radius 1 is 1.50 bits per heavy atom. The molecule has 18 heavy (non-hydrogen) atoms. The van der Waals surface area contributed by atoms with Crippen LogP contribution in [0.1, 0.15) is 26.1 Å². The lowest BCUT2D eigenvalue weighted by molar-refractivity contribution is -0.141. The van der Waals surface area contributed by atoms with Crippen molar-refractivity contribution in [1.82, 2.24) is 9.97 Å². The zero-order valence-corrected chi connectivity index (χ0v) is 12.6. The van der Waals surface area contributed by atoms with Gasteiger partial charge in [0.15, 0.2) is 0 Å². The first-order valence-electron chi connectivity index (χ1n) is 5.78. The summed E-state index contributed by atoms with van der Waals surface area (Å²) in [6.07, 6.45) is 0.688. The monoisotopic (exact) mass is 315 g/mol. The second kappa shape index (κ2) is 6.68. The van der Waals surface area contributed by atoms with E-state index in [1.54, 1.807) is 13.0 Å². The number of aryl methyl sites for hydroxylation is 1. The van der Waals surface area contributed by atoms with Gasteiger partial charge in [-0.15, -0.1) is 0 Å². The summed E-state index contributed by atoms with van der Waals surface area (Å²) >= 11 is 3.30. The maximum Gasteiger partial charge on any atom is 0.328 e. The Bertz CT molecular complexity index is 404. The number of anilines is 1. The van der Waals surface area contributed by atoms with Crippen LogP contribution in [0.3, 0.4) is 0 Å². The number of hydrogen-bond acceptors (Lipinski definition) is 5. The third kappa shape index (κ3) is 4.60. The minimum Gasteiger partial charge on any atom is -0.467 e. The smallest absolute Gasteiger partial charge is 0.328 e. The summed E-state index contributed by atoms with van der Waals surface area (Å²) in [5.74, 6) is 1.36. The molecule has 100 valence electrons. The molecule has 5 nitrogen and oxygen atoms in total. The highest BCUT2D eigenvalue weighted by Gasteiger charge is 2.21. The Kier molecular flexibility index (Phi) is 5.53. The van der Waals surface area contributed by atoms with E-state index in [0.717, 1.165) is 0 Å². The van der Waals surface area contributed by atoms with E-state index in [2.05, 4.69) is 45.1 Å². The van der Waals surface area contributed by atoms with Crippen LogP contribution in [0.25, 0.3) is 0 Å². The van der Waals surface area contributed by atoms with Crippen LogP contribution >= 0.6 is 15.9 Å². The second-order valence-electron chi connectivity index (χ2n) is 4.47. The maximum atomic E-state index is 11.7. The highest BCUT2D eigenvalue weighted by atomic mass is 79.9. The summed E-state index contributed by atoms with van der Waals surface area (Å²) in [7, 11) is 1.39. The number of aromatic nitrogens is 2. The minimum atomic E-state index is -0.392. The number of esters is 1. The minimum absolute atomic E-state index is 0.281. The van der Waals surface area contributed by atoms with E-state index in [-0.39, 0.29) is 5.97 Å². The maximum absolute atomic E-state index is 11.7. The number of carbonyl (C=O) groups excluding carboxylic acids is 1. The van der Waals surface area contributed by atoms with Crippen LogP contribution in [-0.4, -0.2) is 29.1 Å². The lowest BCUT2D eigenvalue weighted by atomic mass is 10.0. The van der Waals surface area contributed by atoms with Gasteiger partial charge in [-0.1, -0.05) is 13.8 Å². The van der Waals surface area contributed by atoms with Crippen molar-refractivity contribution >= 4 is 27.7 Å². The molecule has 0 aliphatic carbocycles. The van der Waals surface area contributed by atoms with Crippen LogP contribution < -0.4 is 5.32 Å².